The number of nitrogens with one attached hydrogen (secondary N) is 1. The van der Waals surface area contributed by atoms with Crippen molar-refractivity contribution in [3.63, 3.8) is 0 Å². The first-order valence-electron chi connectivity index (χ1n) is 4.88. The summed E-state index contributed by atoms with van der Waals surface area (Å²) in [7, 11) is 1.29. The van der Waals surface area contributed by atoms with Crippen LogP contribution in [0.25, 0.3) is 0 Å². The van der Waals surface area contributed by atoms with Crippen molar-refractivity contribution in [1.29, 1.82) is 0 Å². The molecule has 0 aliphatic rings. The van der Waals surface area contributed by atoms with Crippen LogP contribution in [0.5, 0.6) is 0 Å². The molecule has 0 atom stereocenters. The van der Waals surface area contributed by atoms with Crippen LogP contribution < -0.4 is 5.32 Å². The number of thiazole rings is 1. The highest BCUT2D eigenvalue weighted by molar-refractivity contribution is 7.14. The van der Waals surface area contributed by atoms with E-state index in [4.69, 9.17) is 0 Å². The molecule has 0 saturated heterocycles. The predicted octanol–water partition coefficient (Wildman–Crippen LogP) is 2.82. The molecular weight excluding hydrogens is 253 g/mol. The van der Waals surface area contributed by atoms with Gasteiger partial charge in [-0.25, -0.2) is 4.98 Å². The van der Waals surface area contributed by atoms with Crippen LogP contribution in [-0.2, 0) is 11.6 Å². The van der Waals surface area contributed by atoms with E-state index in [1.54, 1.807) is 20.8 Å². The average molecular weight is 266 g/mol. The third kappa shape index (κ3) is 2.96. The highest BCUT2D eigenvalue weighted by Crippen LogP contribution is 2.37. The Morgan fingerprint density at radius 2 is 1.82 bits per heavy atom. The molecule has 0 spiro atoms. The van der Waals surface area contributed by atoms with E-state index in [0.29, 0.717) is 5.01 Å². The zero-order chi connectivity index (χ0) is 13.4. The lowest BCUT2D eigenvalue weighted by atomic mass is 9.98. The van der Waals surface area contributed by atoms with Crippen LogP contribution in [0, 0.1) is 0 Å². The highest BCUT2D eigenvalue weighted by Gasteiger charge is 2.40. The fraction of sp³-hybridized carbons (Fsp3) is 0.600. The van der Waals surface area contributed by atoms with Crippen LogP contribution in [-0.4, -0.2) is 17.9 Å². The van der Waals surface area contributed by atoms with Gasteiger partial charge in [0, 0.05) is 12.5 Å². The van der Waals surface area contributed by atoms with Crippen LogP contribution in [0.15, 0.2) is 0 Å². The molecule has 0 aliphatic carbocycles. The van der Waals surface area contributed by atoms with Crippen molar-refractivity contribution >= 4 is 17.2 Å². The molecule has 1 amide bonds. The molecule has 0 aliphatic heterocycles. The molecule has 1 rings (SSSR count). The molecule has 1 aromatic rings. The van der Waals surface area contributed by atoms with Crippen LogP contribution >= 0.6 is 11.3 Å². The van der Waals surface area contributed by atoms with E-state index in [0.717, 1.165) is 11.3 Å². The van der Waals surface area contributed by atoms with E-state index >= 15 is 0 Å². The van der Waals surface area contributed by atoms with Gasteiger partial charge in [0.25, 0.3) is 5.91 Å². The van der Waals surface area contributed by atoms with Crippen LogP contribution in [0.1, 0.15) is 41.1 Å². The van der Waals surface area contributed by atoms with E-state index < -0.39 is 23.2 Å². The first-order chi connectivity index (χ1) is 7.57. The van der Waals surface area contributed by atoms with Gasteiger partial charge in [-0.1, -0.05) is 20.8 Å². The number of aromatic nitrogens is 1. The second kappa shape index (κ2) is 4.29. The molecule has 7 heteroatoms. The maximum Gasteiger partial charge on any atom is 0.435 e. The molecule has 0 radical (unpaired) electrons. The van der Waals surface area contributed by atoms with Crippen molar-refractivity contribution in [3.8, 4) is 0 Å². The Bertz CT molecular complexity index is 432. The maximum atomic E-state index is 12.7. The minimum atomic E-state index is -4.61. The van der Waals surface area contributed by atoms with Gasteiger partial charge in [0.1, 0.15) is 4.88 Å². The van der Waals surface area contributed by atoms with Crippen molar-refractivity contribution in [2.75, 3.05) is 7.05 Å². The number of nitrogens with zero attached hydrogens (tertiary/aromatic N) is 1. The lowest BCUT2D eigenvalue weighted by molar-refractivity contribution is -0.141. The largest absolute Gasteiger partial charge is 0.435 e. The smallest absolute Gasteiger partial charge is 0.354 e. The number of carbonyl (C=O) groups excluding carboxylic acids is 1. The molecule has 1 aromatic heterocycles. The van der Waals surface area contributed by atoms with Gasteiger partial charge in [0.15, 0.2) is 5.69 Å². The van der Waals surface area contributed by atoms with Gasteiger partial charge in [-0.2, -0.15) is 13.2 Å². The Morgan fingerprint density at radius 3 is 2.18 bits per heavy atom. The second-order valence-corrected chi connectivity index (χ2v) is 5.52. The summed E-state index contributed by atoms with van der Waals surface area (Å²) in [4.78, 5) is 14.6. The summed E-state index contributed by atoms with van der Waals surface area (Å²) in [5, 5.41) is 2.48. The average Bonchev–Trinajstić information content (AvgIpc) is 2.59. The molecule has 0 fully saturated rings. The summed E-state index contributed by atoms with van der Waals surface area (Å²) in [5.74, 6) is -0.759. The number of halogens is 3. The van der Waals surface area contributed by atoms with Crippen molar-refractivity contribution in [3.05, 3.63) is 15.6 Å². The maximum absolute atomic E-state index is 12.7. The Kier molecular flexibility index (Phi) is 3.52. The fourth-order valence-corrected chi connectivity index (χ4v) is 2.19. The zero-order valence-corrected chi connectivity index (χ0v) is 10.7. The Labute approximate surface area is 101 Å². The fourth-order valence-electron chi connectivity index (χ4n) is 1.10. The first kappa shape index (κ1) is 14.0. The monoisotopic (exact) mass is 266 g/mol. The van der Waals surface area contributed by atoms with E-state index in [-0.39, 0.29) is 4.88 Å². The molecule has 0 aromatic carbocycles. The molecule has 1 heterocycles. The number of alkyl halides is 3. The molecule has 1 N–H and O–H groups in total. The molecular formula is C10H13F3N2OS. The number of rotatable bonds is 1. The number of hydrogen-bond acceptors (Lipinski definition) is 3. The standard InChI is InChI=1S/C10H13F3N2OS/c1-9(2,3)8-15-6(10(11,12)13)5(17-8)7(16)14-4/h1-4H3,(H,14,16). The third-order valence-corrected chi connectivity index (χ3v) is 3.45. The van der Waals surface area contributed by atoms with E-state index in [1.165, 1.54) is 7.05 Å². The van der Waals surface area contributed by atoms with Gasteiger partial charge >= 0.3 is 6.18 Å². The summed E-state index contributed by atoms with van der Waals surface area (Å²) in [6, 6.07) is 0. The second-order valence-electron chi connectivity index (χ2n) is 4.52. The van der Waals surface area contributed by atoms with Crippen LogP contribution in [0.4, 0.5) is 13.2 Å². The van der Waals surface area contributed by atoms with Gasteiger partial charge in [0.2, 0.25) is 0 Å². The van der Waals surface area contributed by atoms with Gasteiger partial charge in [0.05, 0.1) is 5.01 Å². The zero-order valence-electron chi connectivity index (χ0n) is 9.90. The van der Waals surface area contributed by atoms with Crippen LogP contribution in [0.3, 0.4) is 0 Å². The molecule has 0 bridgehead atoms. The van der Waals surface area contributed by atoms with E-state index in [9.17, 15) is 18.0 Å². The Morgan fingerprint density at radius 1 is 1.29 bits per heavy atom. The van der Waals surface area contributed by atoms with Crippen molar-refractivity contribution in [2.45, 2.75) is 32.4 Å². The summed E-state index contributed by atoms with van der Waals surface area (Å²) in [6.45, 7) is 5.25. The van der Waals surface area contributed by atoms with Crippen molar-refractivity contribution in [1.82, 2.24) is 10.3 Å². The van der Waals surface area contributed by atoms with Crippen LogP contribution in [0.2, 0.25) is 0 Å². The molecule has 17 heavy (non-hydrogen) atoms. The van der Waals surface area contributed by atoms with Gasteiger partial charge in [-0.15, -0.1) is 11.3 Å². The SMILES string of the molecule is CNC(=O)c1sc(C(C)(C)C)nc1C(F)(F)F. The van der Waals surface area contributed by atoms with E-state index in [1.807, 2.05) is 0 Å². The Balaban J connectivity index is 3.37. The number of amides is 1. The summed E-state index contributed by atoms with van der Waals surface area (Å²) < 4.78 is 38.1. The van der Waals surface area contributed by atoms with Gasteiger partial charge < -0.3 is 5.32 Å². The minimum Gasteiger partial charge on any atom is -0.354 e. The predicted molar refractivity (Wildman–Crippen MR) is 59.2 cm³/mol. The molecule has 0 saturated carbocycles. The van der Waals surface area contributed by atoms with Crippen molar-refractivity contribution < 1.29 is 18.0 Å². The number of hydrogen-bond donors (Lipinski definition) is 1. The van der Waals surface area contributed by atoms with Gasteiger partial charge in [-0.05, 0) is 0 Å². The Hall–Kier alpha value is -1.11. The summed E-state index contributed by atoms with van der Waals surface area (Å²) >= 11 is 0.783. The quantitative estimate of drug-likeness (QED) is 0.849. The normalized spacial score (nSPS) is 12.6. The molecule has 0 unspecified atom stereocenters. The summed E-state index contributed by atoms with van der Waals surface area (Å²) in [6.07, 6.45) is -4.61. The third-order valence-electron chi connectivity index (χ3n) is 1.97. The minimum absolute atomic E-state index is 0.295. The topological polar surface area (TPSA) is 42.0 Å². The first-order valence-corrected chi connectivity index (χ1v) is 5.69. The summed E-state index contributed by atoms with van der Waals surface area (Å²) in [5.41, 5.74) is -1.62. The highest BCUT2D eigenvalue weighted by atomic mass is 32.1. The van der Waals surface area contributed by atoms with E-state index in [2.05, 4.69) is 10.3 Å². The van der Waals surface area contributed by atoms with Crippen molar-refractivity contribution in [2.24, 2.45) is 0 Å². The lowest BCUT2D eigenvalue weighted by Gasteiger charge is -2.13. The lowest BCUT2D eigenvalue weighted by Crippen LogP contribution is -2.21. The molecule has 96 valence electrons. The molecule has 3 nitrogen and oxygen atoms in total. The van der Waals surface area contributed by atoms with Gasteiger partial charge in [-0.3, -0.25) is 4.79 Å². The number of carbonyl (C=O) groups is 1.